The van der Waals surface area contributed by atoms with E-state index in [1.807, 2.05) is 0 Å². The van der Waals surface area contributed by atoms with Crippen molar-refractivity contribution in [3.63, 3.8) is 0 Å². The molecule has 1 N–H and O–H groups in total. The predicted molar refractivity (Wildman–Crippen MR) is 125 cm³/mol. The minimum atomic E-state index is -1.13. The van der Waals surface area contributed by atoms with Crippen LogP contribution in [0.5, 0.6) is 11.5 Å². The molecule has 33 heavy (non-hydrogen) atoms. The highest BCUT2D eigenvalue weighted by Gasteiger charge is 2.21. The van der Waals surface area contributed by atoms with Gasteiger partial charge in [0, 0.05) is 17.1 Å². The molecule has 0 aliphatic rings. The number of pyridine rings is 1. The molecule has 3 aromatic carbocycles. The van der Waals surface area contributed by atoms with Crippen molar-refractivity contribution in [1.29, 1.82) is 0 Å². The Balaban J connectivity index is 2.02. The molecule has 0 amide bonds. The highest BCUT2D eigenvalue weighted by atomic mass is 19.1. The lowest BCUT2D eigenvalue weighted by Crippen LogP contribution is -2.17. The van der Waals surface area contributed by atoms with Gasteiger partial charge in [0.2, 0.25) is 0 Å². The molecule has 170 valence electrons. The lowest BCUT2D eigenvalue weighted by atomic mass is 9.97. The van der Waals surface area contributed by atoms with Crippen LogP contribution in [0.4, 0.5) is 8.78 Å². The molecule has 0 unspecified atom stereocenters. The van der Waals surface area contributed by atoms with Gasteiger partial charge in [0.05, 0.1) is 16.8 Å². The smallest absolute Gasteiger partial charge is 0.192 e. The maximum absolute atomic E-state index is 14.0. The maximum Gasteiger partial charge on any atom is 0.192 e. The number of halogens is 2. The van der Waals surface area contributed by atoms with E-state index in [0.29, 0.717) is 45.0 Å². The second kappa shape index (κ2) is 8.12. The number of aromatic nitrogens is 1. The van der Waals surface area contributed by atoms with E-state index in [1.165, 1.54) is 24.3 Å². The first-order valence-electron chi connectivity index (χ1n) is 10.6. The van der Waals surface area contributed by atoms with Gasteiger partial charge in [0.25, 0.3) is 0 Å². The van der Waals surface area contributed by atoms with Crippen molar-refractivity contribution in [2.24, 2.45) is 0 Å². The summed E-state index contributed by atoms with van der Waals surface area (Å²) in [6.45, 7) is 8.53. The van der Waals surface area contributed by atoms with Crippen molar-refractivity contribution in [3.05, 3.63) is 98.8 Å². The Kier molecular flexibility index (Phi) is 5.58. The molecule has 0 radical (unpaired) electrons. The first kappa shape index (κ1) is 22.7. The van der Waals surface area contributed by atoms with Gasteiger partial charge >= 0.3 is 0 Å². The number of benzene rings is 3. The Hall–Kier alpha value is -3.51. The summed E-state index contributed by atoms with van der Waals surface area (Å²) in [7, 11) is 0. The first-order chi connectivity index (χ1) is 15.5. The zero-order valence-electron chi connectivity index (χ0n) is 19.2. The normalized spacial score (nSPS) is 11.8. The van der Waals surface area contributed by atoms with Gasteiger partial charge in [-0.2, -0.15) is 0 Å². The number of aryl methyl sites for hydroxylation is 3. The molecular weight excluding hydrogens is 424 g/mol. The Morgan fingerprint density at radius 1 is 0.879 bits per heavy atom. The second-order valence-electron chi connectivity index (χ2n) is 8.89. The van der Waals surface area contributed by atoms with Crippen molar-refractivity contribution in [3.8, 4) is 17.2 Å². The third-order valence-corrected chi connectivity index (χ3v) is 5.71. The molecule has 0 saturated carbocycles. The fourth-order valence-electron chi connectivity index (χ4n) is 3.97. The lowest BCUT2D eigenvalue weighted by Gasteiger charge is -2.23. The van der Waals surface area contributed by atoms with E-state index in [4.69, 9.17) is 4.74 Å². The summed E-state index contributed by atoms with van der Waals surface area (Å²) in [5.74, 6) is 0.103. The molecule has 1 aromatic heterocycles. The summed E-state index contributed by atoms with van der Waals surface area (Å²) in [5, 5.41) is 10.9. The van der Waals surface area contributed by atoms with Crippen LogP contribution in [0.15, 0.2) is 59.5 Å². The van der Waals surface area contributed by atoms with E-state index in [-0.39, 0.29) is 16.6 Å². The van der Waals surface area contributed by atoms with Crippen molar-refractivity contribution in [2.45, 2.75) is 40.2 Å². The zero-order chi connectivity index (χ0) is 24.1. The Morgan fingerprint density at radius 2 is 1.55 bits per heavy atom. The minimum absolute atomic E-state index is 0.240. The molecule has 4 nitrogen and oxygen atoms in total. The van der Waals surface area contributed by atoms with E-state index in [1.54, 1.807) is 69.6 Å². The molecule has 0 fully saturated rings. The van der Waals surface area contributed by atoms with Crippen molar-refractivity contribution in [1.82, 2.24) is 4.57 Å². The minimum Gasteiger partial charge on any atom is -0.455 e. The Morgan fingerprint density at radius 3 is 2.18 bits per heavy atom. The molecule has 0 atom stereocenters. The van der Waals surface area contributed by atoms with Gasteiger partial charge in [-0.3, -0.25) is 4.79 Å². The van der Waals surface area contributed by atoms with Crippen LogP contribution in [0.3, 0.4) is 0 Å². The molecule has 0 aliphatic carbocycles. The summed E-state index contributed by atoms with van der Waals surface area (Å²) in [6, 6.07) is 12.1. The van der Waals surface area contributed by atoms with E-state index in [2.05, 4.69) is 0 Å². The van der Waals surface area contributed by atoms with Crippen molar-refractivity contribution >= 4 is 10.9 Å². The monoisotopic (exact) mass is 449 g/mol. The molecule has 4 rings (SSSR count). The van der Waals surface area contributed by atoms with E-state index in [9.17, 15) is 18.7 Å². The van der Waals surface area contributed by atoms with Crippen molar-refractivity contribution < 1.29 is 18.6 Å². The van der Waals surface area contributed by atoms with Crippen LogP contribution < -0.4 is 10.2 Å². The van der Waals surface area contributed by atoms with E-state index in [0.717, 1.165) is 0 Å². The Labute approximate surface area is 190 Å². The third-order valence-electron chi connectivity index (χ3n) is 5.71. The highest BCUT2D eigenvalue weighted by Crippen LogP contribution is 2.36. The van der Waals surface area contributed by atoms with Gasteiger partial charge in [-0.05, 0) is 93.8 Å². The fraction of sp³-hybridized carbons (Fsp3) is 0.222. The molecule has 6 heteroatoms. The number of rotatable bonds is 4. The summed E-state index contributed by atoms with van der Waals surface area (Å²) >= 11 is 0. The summed E-state index contributed by atoms with van der Waals surface area (Å²) in [6.07, 6.45) is 1.67. The standard InChI is InChI=1S/C27H25F2NO3/c1-15-10-20(29)11-16(2)26(15)33-24-9-6-18(27(4,5)32)12-23(24)30-14-17(3)25(31)21-13-19(28)7-8-22(21)30/h6-14,32H,1-5H3. The number of hydrogen-bond acceptors (Lipinski definition) is 3. The fourth-order valence-corrected chi connectivity index (χ4v) is 3.97. The first-order valence-corrected chi connectivity index (χ1v) is 10.6. The van der Waals surface area contributed by atoms with Gasteiger partial charge in [0.15, 0.2) is 11.2 Å². The van der Waals surface area contributed by atoms with Gasteiger partial charge < -0.3 is 14.4 Å². The van der Waals surface area contributed by atoms with Gasteiger partial charge in [-0.25, -0.2) is 8.78 Å². The summed E-state index contributed by atoms with van der Waals surface area (Å²) < 4.78 is 35.8. The van der Waals surface area contributed by atoms with Crippen LogP contribution >= 0.6 is 0 Å². The van der Waals surface area contributed by atoms with E-state index < -0.39 is 11.4 Å². The zero-order valence-corrected chi connectivity index (χ0v) is 19.2. The van der Waals surface area contributed by atoms with Gasteiger partial charge in [-0.1, -0.05) is 6.07 Å². The number of ether oxygens (including phenoxy) is 1. The van der Waals surface area contributed by atoms with Crippen LogP contribution in [-0.2, 0) is 5.60 Å². The highest BCUT2D eigenvalue weighted by molar-refractivity contribution is 5.82. The Bertz CT molecular complexity index is 1430. The largest absolute Gasteiger partial charge is 0.455 e. The SMILES string of the molecule is Cc1cc(F)cc(C)c1Oc1ccc(C(C)(C)O)cc1-n1cc(C)c(=O)c2cc(F)ccc21. The average molecular weight is 449 g/mol. The number of nitrogens with zero attached hydrogens (tertiary/aromatic N) is 1. The predicted octanol–water partition coefficient (Wildman–Crippen LogP) is 6.21. The average Bonchev–Trinajstić information content (AvgIpc) is 2.72. The van der Waals surface area contributed by atoms with E-state index >= 15 is 0 Å². The number of hydrogen-bond donors (Lipinski definition) is 1. The van der Waals surface area contributed by atoms with Gasteiger partial charge in [0.1, 0.15) is 17.4 Å². The molecule has 0 saturated heterocycles. The number of fused-ring (bicyclic) bond motifs is 1. The molecule has 4 aromatic rings. The second-order valence-corrected chi connectivity index (χ2v) is 8.89. The van der Waals surface area contributed by atoms with Crippen LogP contribution in [0.25, 0.3) is 16.6 Å². The van der Waals surface area contributed by atoms with Crippen LogP contribution in [0.2, 0.25) is 0 Å². The molecular formula is C27H25F2NO3. The molecule has 0 spiro atoms. The quantitative estimate of drug-likeness (QED) is 0.403. The maximum atomic E-state index is 14.0. The molecule has 0 bridgehead atoms. The molecule has 1 heterocycles. The summed E-state index contributed by atoms with van der Waals surface area (Å²) in [5.41, 5.74) is 1.99. The van der Waals surface area contributed by atoms with Crippen LogP contribution in [0, 0.1) is 32.4 Å². The van der Waals surface area contributed by atoms with Crippen molar-refractivity contribution in [2.75, 3.05) is 0 Å². The number of aliphatic hydroxyl groups is 1. The summed E-state index contributed by atoms with van der Waals surface area (Å²) in [4.78, 5) is 12.7. The third kappa shape index (κ3) is 4.26. The van der Waals surface area contributed by atoms with Crippen LogP contribution in [-0.4, -0.2) is 9.67 Å². The molecule has 0 aliphatic heterocycles. The van der Waals surface area contributed by atoms with Crippen LogP contribution in [0.1, 0.15) is 36.1 Å². The topological polar surface area (TPSA) is 51.5 Å². The van der Waals surface area contributed by atoms with Gasteiger partial charge in [-0.15, -0.1) is 0 Å². The lowest BCUT2D eigenvalue weighted by molar-refractivity contribution is 0.0785.